The number of nitrogens with one attached hydrogen (secondary N) is 1. The molecule has 2 N–H and O–H groups in total. The summed E-state index contributed by atoms with van der Waals surface area (Å²) in [7, 11) is 0. The van der Waals surface area contributed by atoms with Crippen LogP contribution in [0.15, 0.2) is 54.6 Å². The van der Waals surface area contributed by atoms with Gasteiger partial charge in [0.05, 0.1) is 6.10 Å². The highest BCUT2D eigenvalue weighted by Gasteiger charge is 2.56. The molecule has 1 fully saturated rings. The Balaban J connectivity index is 1.65. The third-order valence-corrected chi connectivity index (χ3v) is 4.66. The lowest BCUT2D eigenvalue weighted by molar-refractivity contribution is -0.125. The third-order valence-electron chi connectivity index (χ3n) is 4.66. The van der Waals surface area contributed by atoms with E-state index in [1.165, 1.54) is 0 Å². The highest BCUT2D eigenvalue weighted by atomic mass is 16.3. The number of amides is 1. The zero-order valence-corrected chi connectivity index (χ0v) is 13.7. The molecule has 124 valence electrons. The number of rotatable bonds is 6. The summed E-state index contributed by atoms with van der Waals surface area (Å²) in [6, 6.07) is 16.4. The SMILES string of the molecule is Cc1ccccc1C(O)CNC(=O)C1(C(=O)c2ccccc2)CC1. The van der Waals surface area contributed by atoms with Crippen LogP contribution in [0.25, 0.3) is 0 Å². The first kappa shape index (κ1) is 16.4. The number of aliphatic hydroxyl groups is 1. The summed E-state index contributed by atoms with van der Waals surface area (Å²) in [5.41, 5.74) is 1.37. The van der Waals surface area contributed by atoms with Crippen LogP contribution in [0.4, 0.5) is 0 Å². The lowest BCUT2D eigenvalue weighted by Gasteiger charge is -2.18. The van der Waals surface area contributed by atoms with Crippen molar-refractivity contribution in [1.82, 2.24) is 5.32 Å². The van der Waals surface area contributed by atoms with Crippen LogP contribution in [0.1, 0.15) is 40.4 Å². The molecule has 0 bridgehead atoms. The molecule has 4 nitrogen and oxygen atoms in total. The monoisotopic (exact) mass is 323 g/mol. The number of carbonyl (C=O) groups excluding carboxylic acids is 2. The van der Waals surface area contributed by atoms with Crippen LogP contribution in [0.2, 0.25) is 0 Å². The summed E-state index contributed by atoms with van der Waals surface area (Å²) in [6.45, 7) is 2.02. The van der Waals surface area contributed by atoms with Gasteiger partial charge in [-0.1, -0.05) is 54.6 Å². The molecule has 2 aromatic carbocycles. The van der Waals surface area contributed by atoms with Gasteiger partial charge in [0.15, 0.2) is 5.78 Å². The van der Waals surface area contributed by atoms with E-state index in [0.717, 1.165) is 11.1 Å². The normalized spacial score (nSPS) is 16.2. The Morgan fingerprint density at radius 2 is 1.71 bits per heavy atom. The van der Waals surface area contributed by atoms with Gasteiger partial charge in [-0.15, -0.1) is 0 Å². The fourth-order valence-corrected chi connectivity index (χ4v) is 2.98. The maximum Gasteiger partial charge on any atom is 0.234 e. The molecule has 2 aromatic rings. The topological polar surface area (TPSA) is 66.4 Å². The van der Waals surface area contributed by atoms with Crippen LogP contribution in [-0.2, 0) is 4.79 Å². The Bertz CT molecular complexity index is 750. The maximum atomic E-state index is 12.6. The first-order chi connectivity index (χ1) is 11.5. The predicted octanol–water partition coefficient (Wildman–Crippen LogP) is 2.81. The van der Waals surface area contributed by atoms with Gasteiger partial charge in [-0.2, -0.15) is 0 Å². The molecule has 0 radical (unpaired) electrons. The Morgan fingerprint density at radius 1 is 1.08 bits per heavy atom. The molecule has 1 unspecified atom stereocenters. The molecule has 1 aliphatic carbocycles. The van der Waals surface area contributed by atoms with Crippen LogP contribution >= 0.6 is 0 Å². The molecule has 4 heteroatoms. The Morgan fingerprint density at radius 3 is 2.33 bits per heavy atom. The molecular formula is C20H21NO3. The zero-order chi connectivity index (χ0) is 17.2. The summed E-state index contributed by atoms with van der Waals surface area (Å²) in [4.78, 5) is 25.1. The lowest BCUT2D eigenvalue weighted by atomic mass is 9.93. The Labute approximate surface area is 141 Å². The Hall–Kier alpha value is -2.46. The van der Waals surface area contributed by atoms with E-state index < -0.39 is 11.5 Å². The van der Waals surface area contributed by atoms with E-state index >= 15 is 0 Å². The van der Waals surface area contributed by atoms with Gasteiger partial charge in [0.25, 0.3) is 0 Å². The first-order valence-electron chi connectivity index (χ1n) is 8.16. The van der Waals surface area contributed by atoms with E-state index in [2.05, 4.69) is 5.32 Å². The van der Waals surface area contributed by atoms with Crippen molar-refractivity contribution in [3.05, 3.63) is 71.3 Å². The number of hydrogen-bond donors (Lipinski definition) is 2. The van der Waals surface area contributed by atoms with Gasteiger partial charge in [-0.3, -0.25) is 9.59 Å². The summed E-state index contributed by atoms with van der Waals surface area (Å²) in [5, 5.41) is 13.0. The molecular weight excluding hydrogens is 302 g/mol. The molecule has 1 atom stereocenters. The summed E-state index contributed by atoms with van der Waals surface area (Å²) in [6.07, 6.45) is 0.345. The van der Waals surface area contributed by atoms with Crippen molar-refractivity contribution in [1.29, 1.82) is 0 Å². The standard InChI is InChI=1S/C20H21NO3/c1-14-7-5-6-10-16(14)17(22)13-21-19(24)20(11-12-20)18(23)15-8-3-2-4-9-15/h2-10,17,22H,11-13H2,1H3,(H,21,24). The number of Topliss-reactive ketones (excluding diaryl/α,β-unsaturated/α-hetero) is 1. The molecule has 1 aliphatic rings. The Kier molecular flexibility index (Phi) is 4.49. The van der Waals surface area contributed by atoms with Crippen molar-refractivity contribution in [2.45, 2.75) is 25.9 Å². The highest BCUT2D eigenvalue weighted by Crippen LogP contribution is 2.48. The maximum absolute atomic E-state index is 12.6. The third kappa shape index (κ3) is 3.10. The average molecular weight is 323 g/mol. The van der Waals surface area contributed by atoms with E-state index in [1.807, 2.05) is 37.3 Å². The number of benzene rings is 2. The second kappa shape index (κ2) is 6.57. The number of aryl methyl sites for hydroxylation is 1. The van der Waals surface area contributed by atoms with Crippen molar-refractivity contribution >= 4 is 11.7 Å². The van der Waals surface area contributed by atoms with Gasteiger partial charge in [0, 0.05) is 12.1 Å². The van der Waals surface area contributed by atoms with Crippen molar-refractivity contribution in [2.24, 2.45) is 5.41 Å². The first-order valence-corrected chi connectivity index (χ1v) is 8.16. The minimum absolute atomic E-state index is 0.105. The molecule has 24 heavy (non-hydrogen) atoms. The molecule has 0 aliphatic heterocycles. The second-order valence-corrected chi connectivity index (χ2v) is 6.36. The average Bonchev–Trinajstić information content (AvgIpc) is 3.42. The van der Waals surface area contributed by atoms with Crippen molar-refractivity contribution < 1.29 is 14.7 Å². The largest absolute Gasteiger partial charge is 0.387 e. The minimum atomic E-state index is -0.952. The highest BCUT2D eigenvalue weighted by molar-refractivity contribution is 6.16. The number of carbonyl (C=O) groups is 2. The molecule has 0 saturated heterocycles. The summed E-state index contributed by atoms with van der Waals surface area (Å²) < 4.78 is 0. The number of ketones is 1. The molecule has 0 aromatic heterocycles. The van der Waals surface area contributed by atoms with E-state index in [-0.39, 0.29) is 18.2 Å². The molecule has 1 saturated carbocycles. The second-order valence-electron chi connectivity index (χ2n) is 6.36. The fourth-order valence-electron chi connectivity index (χ4n) is 2.98. The van der Waals surface area contributed by atoms with Crippen LogP contribution in [-0.4, -0.2) is 23.3 Å². The van der Waals surface area contributed by atoms with Crippen LogP contribution in [0.5, 0.6) is 0 Å². The van der Waals surface area contributed by atoms with E-state index in [4.69, 9.17) is 0 Å². The van der Waals surface area contributed by atoms with Gasteiger partial charge in [0.1, 0.15) is 5.41 Å². The zero-order valence-electron chi connectivity index (χ0n) is 13.7. The van der Waals surface area contributed by atoms with Gasteiger partial charge in [-0.05, 0) is 30.9 Å². The molecule has 0 spiro atoms. The van der Waals surface area contributed by atoms with Gasteiger partial charge < -0.3 is 10.4 Å². The van der Waals surface area contributed by atoms with E-state index in [9.17, 15) is 14.7 Å². The quantitative estimate of drug-likeness (QED) is 0.634. The lowest BCUT2D eigenvalue weighted by Crippen LogP contribution is -2.39. The van der Waals surface area contributed by atoms with Crippen molar-refractivity contribution in [3.8, 4) is 0 Å². The van der Waals surface area contributed by atoms with E-state index in [0.29, 0.717) is 18.4 Å². The molecule has 0 heterocycles. The molecule has 3 rings (SSSR count). The van der Waals surface area contributed by atoms with Crippen LogP contribution in [0.3, 0.4) is 0 Å². The van der Waals surface area contributed by atoms with Crippen LogP contribution in [0, 0.1) is 12.3 Å². The predicted molar refractivity (Wildman–Crippen MR) is 91.6 cm³/mol. The number of aliphatic hydroxyl groups excluding tert-OH is 1. The van der Waals surface area contributed by atoms with Crippen molar-refractivity contribution in [2.75, 3.05) is 6.54 Å². The van der Waals surface area contributed by atoms with Crippen LogP contribution < -0.4 is 5.32 Å². The van der Waals surface area contributed by atoms with Gasteiger partial charge in [-0.25, -0.2) is 0 Å². The van der Waals surface area contributed by atoms with Crippen molar-refractivity contribution in [3.63, 3.8) is 0 Å². The fraction of sp³-hybridized carbons (Fsp3) is 0.300. The minimum Gasteiger partial charge on any atom is -0.387 e. The van der Waals surface area contributed by atoms with E-state index in [1.54, 1.807) is 24.3 Å². The summed E-state index contributed by atoms with van der Waals surface area (Å²) >= 11 is 0. The molecule has 1 amide bonds. The smallest absolute Gasteiger partial charge is 0.234 e. The van der Waals surface area contributed by atoms with Gasteiger partial charge in [0.2, 0.25) is 5.91 Å². The van der Waals surface area contributed by atoms with Gasteiger partial charge >= 0.3 is 0 Å². The summed E-state index contributed by atoms with van der Waals surface area (Å²) in [5.74, 6) is -0.421. The number of hydrogen-bond acceptors (Lipinski definition) is 3.